The molecular weight excluding hydrogens is 140 g/mol. The molecule has 1 heterocycles. The summed E-state index contributed by atoms with van der Waals surface area (Å²) in [6.45, 7) is 5.86. The minimum atomic E-state index is -0.207. The van der Waals surface area contributed by atoms with Crippen LogP contribution in [0.1, 0.15) is 20.3 Å². The SMILES string of the molecule is CC1C(C)C12CCOC[C@@H]2O. The van der Waals surface area contributed by atoms with Gasteiger partial charge in [-0.25, -0.2) is 0 Å². The molecule has 0 aromatic heterocycles. The minimum Gasteiger partial charge on any atom is -0.390 e. The van der Waals surface area contributed by atoms with Gasteiger partial charge in [-0.05, 0) is 18.3 Å². The Hall–Kier alpha value is -0.0800. The van der Waals surface area contributed by atoms with Gasteiger partial charge in [0.2, 0.25) is 0 Å². The Balaban J connectivity index is 2.12. The van der Waals surface area contributed by atoms with Gasteiger partial charge in [0.1, 0.15) is 0 Å². The molecule has 64 valence electrons. The number of hydrogen-bond acceptors (Lipinski definition) is 2. The van der Waals surface area contributed by atoms with E-state index in [0.717, 1.165) is 13.0 Å². The van der Waals surface area contributed by atoms with Crippen molar-refractivity contribution in [3.63, 3.8) is 0 Å². The highest BCUT2D eigenvalue weighted by molar-refractivity contribution is 5.11. The standard InChI is InChI=1S/C9H16O2/c1-6-7(2)9(6)3-4-11-5-8(9)10/h6-8,10H,3-5H2,1-2H3/t6?,7?,8-,9?/m0/s1. The summed E-state index contributed by atoms with van der Waals surface area (Å²) >= 11 is 0. The fourth-order valence-electron chi connectivity index (χ4n) is 2.72. The molecule has 11 heavy (non-hydrogen) atoms. The molecule has 0 amide bonds. The summed E-state index contributed by atoms with van der Waals surface area (Å²) in [5.41, 5.74) is 0.234. The van der Waals surface area contributed by atoms with Crippen LogP contribution in [0.15, 0.2) is 0 Å². The van der Waals surface area contributed by atoms with Crippen LogP contribution >= 0.6 is 0 Å². The summed E-state index contributed by atoms with van der Waals surface area (Å²) in [5.74, 6) is 1.39. The van der Waals surface area contributed by atoms with Crippen LogP contribution < -0.4 is 0 Å². The molecule has 2 nitrogen and oxygen atoms in total. The number of hydrogen-bond donors (Lipinski definition) is 1. The highest BCUT2D eigenvalue weighted by Gasteiger charge is 2.63. The van der Waals surface area contributed by atoms with E-state index in [1.165, 1.54) is 0 Å². The highest BCUT2D eigenvalue weighted by Crippen LogP contribution is 2.63. The van der Waals surface area contributed by atoms with Gasteiger partial charge in [-0.1, -0.05) is 13.8 Å². The number of ether oxygens (including phenoxy) is 1. The lowest BCUT2D eigenvalue weighted by Crippen LogP contribution is -2.35. The first-order valence-electron chi connectivity index (χ1n) is 4.45. The number of aliphatic hydroxyl groups excluding tert-OH is 1. The quantitative estimate of drug-likeness (QED) is 0.568. The Kier molecular flexibility index (Phi) is 1.52. The summed E-state index contributed by atoms with van der Waals surface area (Å²) in [5, 5.41) is 9.72. The molecule has 2 fully saturated rings. The van der Waals surface area contributed by atoms with Crippen molar-refractivity contribution in [2.24, 2.45) is 17.3 Å². The van der Waals surface area contributed by atoms with Crippen molar-refractivity contribution in [1.29, 1.82) is 0 Å². The zero-order valence-electron chi connectivity index (χ0n) is 7.21. The second-order valence-electron chi connectivity index (χ2n) is 4.03. The Morgan fingerprint density at radius 1 is 1.36 bits per heavy atom. The Bertz CT molecular complexity index is 159. The first-order valence-corrected chi connectivity index (χ1v) is 4.45. The van der Waals surface area contributed by atoms with Crippen LogP contribution in [-0.4, -0.2) is 24.4 Å². The zero-order valence-corrected chi connectivity index (χ0v) is 7.21. The number of aliphatic hydroxyl groups is 1. The minimum absolute atomic E-state index is 0.207. The van der Waals surface area contributed by atoms with E-state index in [0.29, 0.717) is 18.4 Å². The van der Waals surface area contributed by atoms with Gasteiger partial charge in [-0.2, -0.15) is 0 Å². The van der Waals surface area contributed by atoms with E-state index in [9.17, 15) is 5.11 Å². The molecular formula is C9H16O2. The predicted octanol–water partition coefficient (Wildman–Crippen LogP) is 1.04. The van der Waals surface area contributed by atoms with Crippen LogP contribution in [0.3, 0.4) is 0 Å². The summed E-state index contributed by atoms with van der Waals surface area (Å²) in [6, 6.07) is 0. The summed E-state index contributed by atoms with van der Waals surface area (Å²) < 4.78 is 5.20. The van der Waals surface area contributed by atoms with E-state index in [4.69, 9.17) is 4.74 Å². The lowest BCUT2D eigenvalue weighted by atomic mass is 9.90. The highest BCUT2D eigenvalue weighted by atomic mass is 16.5. The molecule has 1 saturated heterocycles. The van der Waals surface area contributed by atoms with E-state index < -0.39 is 0 Å². The Labute approximate surface area is 67.6 Å². The van der Waals surface area contributed by atoms with Crippen LogP contribution in [-0.2, 0) is 4.74 Å². The van der Waals surface area contributed by atoms with Crippen molar-refractivity contribution in [1.82, 2.24) is 0 Å². The normalized spacial score (nSPS) is 56.5. The Morgan fingerprint density at radius 3 is 2.36 bits per heavy atom. The van der Waals surface area contributed by atoms with Gasteiger partial charge in [0.05, 0.1) is 12.7 Å². The van der Waals surface area contributed by atoms with Crippen LogP contribution in [0.2, 0.25) is 0 Å². The van der Waals surface area contributed by atoms with Gasteiger partial charge in [-0.3, -0.25) is 0 Å². The monoisotopic (exact) mass is 156 g/mol. The van der Waals surface area contributed by atoms with Crippen molar-refractivity contribution in [3.8, 4) is 0 Å². The summed E-state index contributed by atoms with van der Waals surface area (Å²) in [7, 11) is 0. The molecule has 0 aromatic carbocycles. The van der Waals surface area contributed by atoms with Gasteiger partial charge >= 0.3 is 0 Å². The third-order valence-corrected chi connectivity index (χ3v) is 3.91. The molecule has 1 N–H and O–H groups in total. The third kappa shape index (κ3) is 0.798. The van der Waals surface area contributed by atoms with Gasteiger partial charge in [0.25, 0.3) is 0 Å². The summed E-state index contributed by atoms with van der Waals surface area (Å²) in [4.78, 5) is 0. The van der Waals surface area contributed by atoms with Crippen LogP contribution in [0.4, 0.5) is 0 Å². The Morgan fingerprint density at radius 2 is 2.00 bits per heavy atom. The zero-order chi connectivity index (χ0) is 8.06. The van der Waals surface area contributed by atoms with E-state index in [-0.39, 0.29) is 11.5 Å². The molecule has 0 aromatic rings. The van der Waals surface area contributed by atoms with Crippen molar-refractivity contribution < 1.29 is 9.84 Å². The molecule has 1 saturated carbocycles. The smallest absolute Gasteiger partial charge is 0.0835 e. The maximum Gasteiger partial charge on any atom is 0.0835 e. The van der Waals surface area contributed by atoms with Crippen LogP contribution in [0.25, 0.3) is 0 Å². The molecule has 0 bridgehead atoms. The molecule has 2 heteroatoms. The molecule has 1 aliphatic carbocycles. The molecule has 2 aliphatic rings. The predicted molar refractivity (Wildman–Crippen MR) is 42.2 cm³/mol. The molecule has 1 aliphatic heterocycles. The fourth-order valence-corrected chi connectivity index (χ4v) is 2.72. The van der Waals surface area contributed by atoms with Crippen molar-refractivity contribution in [2.75, 3.05) is 13.2 Å². The van der Waals surface area contributed by atoms with Crippen molar-refractivity contribution in [2.45, 2.75) is 26.4 Å². The molecule has 1 spiro atoms. The first kappa shape index (κ1) is 7.56. The van der Waals surface area contributed by atoms with Crippen LogP contribution in [0, 0.1) is 17.3 Å². The van der Waals surface area contributed by atoms with Crippen molar-refractivity contribution >= 4 is 0 Å². The maximum absolute atomic E-state index is 9.72. The van der Waals surface area contributed by atoms with E-state index >= 15 is 0 Å². The second-order valence-corrected chi connectivity index (χ2v) is 4.03. The van der Waals surface area contributed by atoms with Gasteiger partial charge in [0.15, 0.2) is 0 Å². The van der Waals surface area contributed by atoms with Gasteiger partial charge in [0, 0.05) is 12.0 Å². The third-order valence-electron chi connectivity index (χ3n) is 3.91. The van der Waals surface area contributed by atoms with E-state index in [1.807, 2.05) is 0 Å². The maximum atomic E-state index is 9.72. The van der Waals surface area contributed by atoms with Gasteiger partial charge in [-0.15, -0.1) is 0 Å². The van der Waals surface area contributed by atoms with E-state index in [2.05, 4.69) is 13.8 Å². The lowest BCUT2D eigenvalue weighted by molar-refractivity contribution is -0.0640. The second kappa shape index (κ2) is 2.20. The average Bonchev–Trinajstić information content (AvgIpc) is 2.50. The molecule has 0 radical (unpaired) electrons. The average molecular weight is 156 g/mol. The molecule has 2 unspecified atom stereocenters. The van der Waals surface area contributed by atoms with E-state index in [1.54, 1.807) is 0 Å². The van der Waals surface area contributed by atoms with Gasteiger partial charge < -0.3 is 9.84 Å². The summed E-state index contributed by atoms with van der Waals surface area (Å²) in [6.07, 6.45) is 0.845. The van der Waals surface area contributed by atoms with Crippen LogP contribution in [0.5, 0.6) is 0 Å². The largest absolute Gasteiger partial charge is 0.390 e. The first-order chi connectivity index (χ1) is 5.19. The molecule has 2 rings (SSSR count). The fraction of sp³-hybridized carbons (Fsp3) is 1.00. The number of rotatable bonds is 0. The van der Waals surface area contributed by atoms with Crippen molar-refractivity contribution in [3.05, 3.63) is 0 Å². The lowest BCUT2D eigenvalue weighted by Gasteiger charge is -2.29. The molecule has 3 atom stereocenters. The topological polar surface area (TPSA) is 29.5 Å².